The minimum Gasteiger partial charge on any atom is -0.497 e. The Morgan fingerprint density at radius 1 is 1.14 bits per heavy atom. The number of hydroxylamine groups is 2. The van der Waals surface area contributed by atoms with Crippen LogP contribution in [0.15, 0.2) is 70.7 Å². The maximum atomic E-state index is 14.8. The number of aromatic nitrogens is 3. The average molecular weight is 668 g/mol. The molecule has 10 nitrogen and oxygen atoms in total. The fourth-order valence-corrected chi connectivity index (χ4v) is 8.22. The molecule has 258 valence electrons. The molecule has 0 unspecified atom stereocenters. The SMILES string of the molecule is COc1ccc(CCn2c(-c3cccnc3)nc3cc(NC(=N[C@H]4C[C@@H]5C[C@H]([C@@H]4C)C5(C)C)N4CCN(O)[C@@H](C)C4)ccc3c2=O)c(F)c1. The lowest BCUT2D eigenvalue weighted by Crippen LogP contribution is -2.57. The summed E-state index contributed by atoms with van der Waals surface area (Å²) in [5.74, 6) is 3.13. The van der Waals surface area contributed by atoms with Crippen LogP contribution in [0.3, 0.4) is 0 Å². The number of rotatable bonds is 7. The van der Waals surface area contributed by atoms with Crippen LogP contribution < -0.4 is 15.6 Å². The molecule has 4 aliphatic rings. The zero-order valence-corrected chi connectivity index (χ0v) is 28.9. The number of halogens is 1. The maximum Gasteiger partial charge on any atom is 0.261 e. The van der Waals surface area contributed by atoms with Crippen LogP contribution in [0.4, 0.5) is 10.1 Å². The van der Waals surface area contributed by atoms with Gasteiger partial charge in [-0.1, -0.05) is 26.8 Å². The van der Waals surface area contributed by atoms with Crippen molar-refractivity contribution in [2.75, 3.05) is 32.1 Å². The second-order valence-electron chi connectivity index (χ2n) is 14.6. The molecule has 11 heteroatoms. The van der Waals surface area contributed by atoms with Crippen molar-refractivity contribution in [2.24, 2.45) is 28.2 Å². The van der Waals surface area contributed by atoms with Crippen molar-refractivity contribution >= 4 is 22.5 Å². The number of hydrogen-bond donors (Lipinski definition) is 2. The Morgan fingerprint density at radius 2 is 1.98 bits per heavy atom. The number of methoxy groups -OCH3 is 1. The number of aliphatic imine (C=N–C) groups is 1. The van der Waals surface area contributed by atoms with Gasteiger partial charge in [0.25, 0.3) is 5.56 Å². The molecular formula is C38H46FN7O3. The summed E-state index contributed by atoms with van der Waals surface area (Å²) < 4.78 is 21.6. The highest BCUT2D eigenvalue weighted by atomic mass is 19.1. The Bertz CT molecular complexity index is 1930. The van der Waals surface area contributed by atoms with Crippen LogP contribution in [0.5, 0.6) is 5.75 Å². The number of piperazine rings is 1. The van der Waals surface area contributed by atoms with Crippen molar-refractivity contribution in [3.8, 4) is 17.1 Å². The number of aryl methyl sites for hydroxylation is 1. The number of pyridine rings is 1. The summed E-state index contributed by atoms with van der Waals surface area (Å²) in [5.41, 5.74) is 2.66. The number of guanidine groups is 1. The number of benzene rings is 2. The summed E-state index contributed by atoms with van der Waals surface area (Å²) in [7, 11) is 1.50. The summed E-state index contributed by atoms with van der Waals surface area (Å²) >= 11 is 0. The number of fused-ring (bicyclic) bond motifs is 3. The number of nitrogens with one attached hydrogen (secondary N) is 1. The first-order chi connectivity index (χ1) is 23.5. The van der Waals surface area contributed by atoms with Crippen LogP contribution in [0, 0.1) is 29.0 Å². The fourth-order valence-electron chi connectivity index (χ4n) is 8.22. The van der Waals surface area contributed by atoms with Crippen LogP contribution in [0.25, 0.3) is 22.3 Å². The van der Waals surface area contributed by atoms with E-state index in [0.29, 0.717) is 82.8 Å². The van der Waals surface area contributed by atoms with Crippen molar-refractivity contribution < 1.29 is 14.3 Å². The summed E-state index contributed by atoms with van der Waals surface area (Å²) in [6, 6.07) is 14.2. The molecule has 3 aliphatic carbocycles. The standard InChI is InChI=1S/C38H46FN7O3/c1-23-22-44(15-16-46(23)48)37(43-33-18-27-17-31(24(33)2)38(27,3)4)41-28-9-11-30-34(19-28)42-35(26-7-6-13-40-21-26)45(36(30)47)14-12-25-8-10-29(49-5)20-32(25)39/h6-11,13,19-21,23-24,27,31,33,48H,12,14-18,22H2,1-5H3,(H,41,43)/t23-,24-,27-,31+,33-/m0/s1. The molecular weight excluding hydrogens is 621 g/mol. The molecule has 2 aromatic carbocycles. The molecule has 2 bridgehead atoms. The van der Waals surface area contributed by atoms with E-state index in [1.165, 1.54) is 24.7 Å². The highest BCUT2D eigenvalue weighted by Crippen LogP contribution is 2.61. The van der Waals surface area contributed by atoms with Crippen molar-refractivity contribution in [1.82, 2.24) is 24.5 Å². The quantitative estimate of drug-likeness (QED) is 0.180. The Kier molecular flexibility index (Phi) is 8.91. The van der Waals surface area contributed by atoms with Crippen LogP contribution in [0.2, 0.25) is 0 Å². The summed E-state index contributed by atoms with van der Waals surface area (Å²) in [6.07, 6.45) is 6.01. The molecule has 1 saturated heterocycles. The Balaban J connectivity index is 1.23. The van der Waals surface area contributed by atoms with Crippen LogP contribution in [0.1, 0.15) is 46.1 Å². The number of anilines is 1. The minimum absolute atomic E-state index is 0.0398. The number of hydrogen-bond acceptors (Lipinski definition) is 7. The summed E-state index contributed by atoms with van der Waals surface area (Å²) in [4.78, 5) is 31.0. The van der Waals surface area contributed by atoms with Gasteiger partial charge in [0.2, 0.25) is 0 Å². The summed E-state index contributed by atoms with van der Waals surface area (Å²) in [5, 5.41) is 15.8. The van der Waals surface area contributed by atoms with Gasteiger partial charge < -0.3 is 20.2 Å². The normalized spacial score (nSPS) is 25.2. The fraction of sp³-hybridized carbons (Fsp3) is 0.474. The molecule has 3 saturated carbocycles. The maximum absolute atomic E-state index is 14.8. The Hall–Kier alpha value is -4.35. The Labute approximate surface area is 286 Å². The van der Waals surface area contributed by atoms with E-state index in [1.54, 1.807) is 35.2 Å². The number of nitrogens with zero attached hydrogens (tertiary/aromatic N) is 6. The largest absolute Gasteiger partial charge is 0.497 e. The van der Waals surface area contributed by atoms with Crippen LogP contribution in [-0.4, -0.2) is 74.5 Å². The highest BCUT2D eigenvalue weighted by Gasteiger charge is 2.56. The van der Waals surface area contributed by atoms with E-state index in [9.17, 15) is 14.4 Å². The van der Waals surface area contributed by atoms with E-state index in [2.05, 4.69) is 36.0 Å². The van der Waals surface area contributed by atoms with Crippen molar-refractivity contribution in [2.45, 2.75) is 65.6 Å². The molecule has 3 heterocycles. The van der Waals surface area contributed by atoms with Gasteiger partial charge in [0, 0.05) is 61.9 Å². The molecule has 5 atom stereocenters. The lowest BCUT2D eigenvalue weighted by Gasteiger charge is -2.61. The second kappa shape index (κ2) is 13.2. The molecule has 49 heavy (non-hydrogen) atoms. The third-order valence-electron chi connectivity index (χ3n) is 11.5. The van der Waals surface area contributed by atoms with E-state index in [1.807, 2.05) is 31.2 Å². The van der Waals surface area contributed by atoms with Gasteiger partial charge >= 0.3 is 0 Å². The summed E-state index contributed by atoms with van der Waals surface area (Å²) in [6.45, 7) is 11.2. The minimum atomic E-state index is -0.379. The van der Waals surface area contributed by atoms with Crippen molar-refractivity contribution in [3.05, 3.63) is 82.7 Å². The first-order valence-electron chi connectivity index (χ1n) is 17.4. The lowest BCUT2D eigenvalue weighted by atomic mass is 9.45. The molecule has 1 aliphatic heterocycles. The molecule has 8 rings (SSSR count). The van der Waals surface area contributed by atoms with Gasteiger partial charge in [-0.25, -0.2) is 14.4 Å². The van der Waals surface area contributed by atoms with Gasteiger partial charge in [-0.05, 0) is 91.3 Å². The first kappa shape index (κ1) is 33.2. The van der Waals surface area contributed by atoms with Gasteiger partial charge in [0.15, 0.2) is 5.96 Å². The lowest BCUT2D eigenvalue weighted by molar-refractivity contribution is -0.142. The van der Waals surface area contributed by atoms with Crippen molar-refractivity contribution in [1.29, 1.82) is 0 Å². The molecule has 0 spiro atoms. The third-order valence-corrected chi connectivity index (χ3v) is 11.5. The third kappa shape index (κ3) is 6.30. The number of ether oxygens (including phenoxy) is 1. The van der Waals surface area contributed by atoms with Gasteiger partial charge in [-0.15, -0.1) is 0 Å². The zero-order valence-electron chi connectivity index (χ0n) is 28.9. The first-order valence-corrected chi connectivity index (χ1v) is 17.4. The van der Waals surface area contributed by atoms with E-state index in [0.717, 1.165) is 18.1 Å². The highest BCUT2D eigenvalue weighted by molar-refractivity contribution is 5.96. The Morgan fingerprint density at radius 3 is 2.67 bits per heavy atom. The zero-order chi connectivity index (χ0) is 34.4. The topological polar surface area (TPSA) is 108 Å². The van der Waals surface area contributed by atoms with Gasteiger partial charge in [0.05, 0.1) is 24.1 Å². The van der Waals surface area contributed by atoms with Gasteiger partial charge in [0.1, 0.15) is 17.4 Å². The van der Waals surface area contributed by atoms with E-state index >= 15 is 0 Å². The van der Waals surface area contributed by atoms with Gasteiger partial charge in [-0.3, -0.25) is 14.3 Å². The monoisotopic (exact) mass is 667 g/mol. The van der Waals surface area contributed by atoms with E-state index in [-0.39, 0.29) is 30.0 Å². The van der Waals surface area contributed by atoms with Crippen LogP contribution >= 0.6 is 0 Å². The predicted octanol–water partition coefficient (Wildman–Crippen LogP) is 6.08. The molecule has 2 N–H and O–H groups in total. The smallest absolute Gasteiger partial charge is 0.261 e. The van der Waals surface area contributed by atoms with Crippen LogP contribution in [-0.2, 0) is 13.0 Å². The molecule has 0 amide bonds. The van der Waals surface area contributed by atoms with E-state index < -0.39 is 0 Å². The molecule has 2 aromatic heterocycles. The van der Waals surface area contributed by atoms with Gasteiger partial charge in [-0.2, -0.15) is 5.06 Å². The molecule has 4 fully saturated rings. The molecule has 0 radical (unpaired) electrons. The predicted molar refractivity (Wildman–Crippen MR) is 189 cm³/mol. The average Bonchev–Trinajstić information content (AvgIpc) is 3.10. The van der Waals surface area contributed by atoms with E-state index in [4.69, 9.17) is 14.7 Å². The van der Waals surface area contributed by atoms with Crippen molar-refractivity contribution in [3.63, 3.8) is 0 Å². The molecule has 4 aromatic rings. The second-order valence-corrected chi connectivity index (χ2v) is 14.6.